The molecule has 0 spiro atoms. The lowest BCUT2D eigenvalue weighted by Crippen LogP contribution is -1.90. The van der Waals surface area contributed by atoms with E-state index in [0.29, 0.717) is 22.8 Å². The molecule has 2 aromatic heterocycles. The summed E-state index contributed by atoms with van der Waals surface area (Å²) in [4.78, 5) is 11.9. The lowest BCUT2D eigenvalue weighted by molar-refractivity contribution is 0.102. The number of carbonyl (C=O) groups excluding carboxylic acids is 1. The fourth-order valence-electron chi connectivity index (χ4n) is 2.06. The second-order valence-corrected chi connectivity index (χ2v) is 4.79. The van der Waals surface area contributed by atoms with Crippen molar-refractivity contribution in [3.05, 3.63) is 77.7 Å². The monoisotopic (exact) mass is 296 g/mol. The molecule has 0 N–H and O–H groups in total. The van der Waals surface area contributed by atoms with Crippen LogP contribution in [0.15, 0.2) is 63.4 Å². The SMILES string of the molecule is Cc1ccc(C(=O)/C=C/c2ccc(-c3ccccc3F)o2)o1. The Hall–Kier alpha value is -2.88. The molecule has 1 aromatic carbocycles. The van der Waals surface area contributed by atoms with E-state index in [4.69, 9.17) is 8.83 Å². The number of aryl methyl sites for hydroxylation is 1. The second-order valence-electron chi connectivity index (χ2n) is 4.79. The van der Waals surface area contributed by atoms with Crippen LogP contribution in [0.3, 0.4) is 0 Å². The Kier molecular flexibility index (Phi) is 3.74. The van der Waals surface area contributed by atoms with Crippen LogP contribution < -0.4 is 0 Å². The predicted octanol–water partition coefficient (Wildman–Crippen LogP) is 4.88. The molecule has 0 saturated heterocycles. The van der Waals surface area contributed by atoms with Gasteiger partial charge < -0.3 is 8.83 Å². The third-order valence-corrected chi connectivity index (χ3v) is 3.15. The van der Waals surface area contributed by atoms with E-state index in [1.807, 2.05) is 0 Å². The topological polar surface area (TPSA) is 43.4 Å². The van der Waals surface area contributed by atoms with Gasteiger partial charge in [0.2, 0.25) is 5.78 Å². The zero-order chi connectivity index (χ0) is 15.5. The summed E-state index contributed by atoms with van der Waals surface area (Å²) >= 11 is 0. The second kappa shape index (κ2) is 5.85. The van der Waals surface area contributed by atoms with Crippen LogP contribution in [0.2, 0.25) is 0 Å². The van der Waals surface area contributed by atoms with Gasteiger partial charge in [0.15, 0.2) is 5.76 Å². The average Bonchev–Trinajstić information content (AvgIpc) is 3.14. The molecule has 3 aromatic rings. The van der Waals surface area contributed by atoms with Crippen molar-refractivity contribution in [3.63, 3.8) is 0 Å². The predicted molar refractivity (Wildman–Crippen MR) is 80.9 cm³/mol. The third kappa shape index (κ3) is 2.91. The number of furan rings is 2. The molecule has 0 atom stereocenters. The van der Waals surface area contributed by atoms with E-state index in [1.165, 1.54) is 18.2 Å². The third-order valence-electron chi connectivity index (χ3n) is 3.15. The van der Waals surface area contributed by atoms with Crippen molar-refractivity contribution in [1.29, 1.82) is 0 Å². The molecule has 0 aliphatic heterocycles. The van der Waals surface area contributed by atoms with Crippen LogP contribution in [-0.2, 0) is 0 Å². The summed E-state index contributed by atoms with van der Waals surface area (Å²) in [5.74, 6) is 1.23. The van der Waals surface area contributed by atoms with E-state index >= 15 is 0 Å². The average molecular weight is 296 g/mol. The summed E-state index contributed by atoms with van der Waals surface area (Å²) < 4.78 is 24.5. The highest BCUT2D eigenvalue weighted by Gasteiger charge is 2.09. The van der Waals surface area contributed by atoms with Crippen molar-refractivity contribution in [2.45, 2.75) is 6.92 Å². The fraction of sp³-hybridized carbons (Fsp3) is 0.0556. The minimum Gasteiger partial charge on any atom is -0.458 e. The molecule has 0 aliphatic rings. The van der Waals surface area contributed by atoms with Crippen LogP contribution in [0.1, 0.15) is 22.1 Å². The largest absolute Gasteiger partial charge is 0.458 e. The van der Waals surface area contributed by atoms with Gasteiger partial charge in [-0.2, -0.15) is 0 Å². The standard InChI is InChI=1S/C18H13FO3/c1-12-6-10-18(21-12)16(20)9-7-13-8-11-17(22-13)14-4-2-3-5-15(14)19/h2-11H,1H3/b9-7+. The van der Waals surface area contributed by atoms with Crippen molar-refractivity contribution in [3.8, 4) is 11.3 Å². The Morgan fingerprint density at radius 3 is 2.59 bits per heavy atom. The lowest BCUT2D eigenvalue weighted by Gasteiger charge is -1.97. The zero-order valence-corrected chi connectivity index (χ0v) is 11.9. The first-order valence-electron chi connectivity index (χ1n) is 6.77. The van der Waals surface area contributed by atoms with Gasteiger partial charge in [-0.1, -0.05) is 12.1 Å². The van der Waals surface area contributed by atoms with E-state index in [-0.39, 0.29) is 17.4 Å². The summed E-state index contributed by atoms with van der Waals surface area (Å²) in [6, 6.07) is 13.1. The van der Waals surface area contributed by atoms with Gasteiger partial charge in [-0.25, -0.2) is 4.39 Å². The van der Waals surface area contributed by atoms with Crippen molar-refractivity contribution < 1.29 is 18.0 Å². The first-order valence-corrected chi connectivity index (χ1v) is 6.77. The summed E-state index contributed by atoms with van der Waals surface area (Å²) in [6.07, 6.45) is 2.90. The summed E-state index contributed by atoms with van der Waals surface area (Å²) in [7, 11) is 0. The van der Waals surface area contributed by atoms with Crippen molar-refractivity contribution in [2.24, 2.45) is 0 Å². The molecule has 0 amide bonds. The highest BCUT2D eigenvalue weighted by molar-refractivity contribution is 6.04. The molecule has 3 nitrogen and oxygen atoms in total. The number of hydrogen-bond acceptors (Lipinski definition) is 3. The maximum absolute atomic E-state index is 13.7. The molecule has 110 valence electrons. The van der Waals surface area contributed by atoms with Crippen LogP contribution in [0.5, 0.6) is 0 Å². The Morgan fingerprint density at radius 2 is 1.86 bits per heavy atom. The maximum Gasteiger partial charge on any atom is 0.221 e. The number of benzene rings is 1. The smallest absolute Gasteiger partial charge is 0.221 e. The van der Waals surface area contributed by atoms with Gasteiger partial charge >= 0.3 is 0 Å². The number of halogens is 1. The van der Waals surface area contributed by atoms with Crippen molar-refractivity contribution >= 4 is 11.9 Å². The summed E-state index contributed by atoms with van der Waals surface area (Å²) in [5, 5.41) is 0. The quantitative estimate of drug-likeness (QED) is 0.509. The zero-order valence-electron chi connectivity index (χ0n) is 11.9. The number of rotatable bonds is 4. The number of hydrogen-bond donors (Lipinski definition) is 0. The van der Waals surface area contributed by atoms with Crippen molar-refractivity contribution in [1.82, 2.24) is 0 Å². The number of allylic oxidation sites excluding steroid dienone is 1. The minimum absolute atomic E-state index is 0.253. The van der Waals surface area contributed by atoms with Gasteiger partial charge in [0.05, 0.1) is 5.56 Å². The van der Waals surface area contributed by atoms with Gasteiger partial charge in [0.25, 0.3) is 0 Å². The minimum atomic E-state index is -0.352. The molecular weight excluding hydrogens is 283 g/mol. The number of carbonyl (C=O) groups is 1. The Balaban J connectivity index is 1.79. The van der Waals surface area contributed by atoms with E-state index in [9.17, 15) is 9.18 Å². The van der Waals surface area contributed by atoms with E-state index < -0.39 is 0 Å². The molecule has 0 aliphatic carbocycles. The van der Waals surface area contributed by atoms with E-state index in [0.717, 1.165) is 0 Å². The first kappa shape index (κ1) is 14.1. The van der Waals surface area contributed by atoms with Gasteiger partial charge in [-0.3, -0.25) is 4.79 Å². The van der Waals surface area contributed by atoms with Crippen LogP contribution in [-0.4, -0.2) is 5.78 Å². The lowest BCUT2D eigenvalue weighted by atomic mass is 10.1. The molecule has 2 heterocycles. The number of ketones is 1. The summed E-state index contributed by atoms with van der Waals surface area (Å²) in [6.45, 7) is 1.77. The van der Waals surface area contributed by atoms with Gasteiger partial charge in [0, 0.05) is 0 Å². The highest BCUT2D eigenvalue weighted by atomic mass is 19.1. The molecule has 0 bridgehead atoms. The molecule has 0 fully saturated rings. The van der Waals surface area contributed by atoms with Crippen LogP contribution in [0, 0.1) is 12.7 Å². The van der Waals surface area contributed by atoms with E-state index in [1.54, 1.807) is 49.4 Å². The molecular formula is C18H13FO3. The first-order chi connectivity index (χ1) is 10.6. The molecule has 0 unspecified atom stereocenters. The van der Waals surface area contributed by atoms with Crippen LogP contribution in [0.25, 0.3) is 17.4 Å². The maximum atomic E-state index is 13.7. The molecule has 4 heteroatoms. The van der Waals surface area contributed by atoms with E-state index in [2.05, 4.69) is 0 Å². The Labute approximate surface area is 126 Å². The van der Waals surface area contributed by atoms with Gasteiger partial charge in [-0.05, 0) is 55.5 Å². The van der Waals surface area contributed by atoms with Crippen LogP contribution >= 0.6 is 0 Å². The van der Waals surface area contributed by atoms with Gasteiger partial charge in [-0.15, -0.1) is 0 Å². The van der Waals surface area contributed by atoms with Crippen molar-refractivity contribution in [2.75, 3.05) is 0 Å². The molecule has 3 rings (SSSR count). The highest BCUT2D eigenvalue weighted by Crippen LogP contribution is 2.25. The Bertz CT molecular complexity index is 839. The summed E-state index contributed by atoms with van der Waals surface area (Å²) in [5.41, 5.74) is 0.384. The fourth-order valence-corrected chi connectivity index (χ4v) is 2.06. The molecule has 0 radical (unpaired) electrons. The normalized spacial score (nSPS) is 11.2. The van der Waals surface area contributed by atoms with Gasteiger partial charge in [0.1, 0.15) is 23.1 Å². The molecule has 0 saturated carbocycles. The Morgan fingerprint density at radius 1 is 1.05 bits per heavy atom. The van der Waals surface area contributed by atoms with Crippen LogP contribution in [0.4, 0.5) is 4.39 Å². The molecule has 22 heavy (non-hydrogen) atoms.